The molecule has 2 heteroatoms. The van der Waals surface area contributed by atoms with E-state index in [-0.39, 0.29) is 5.97 Å². The van der Waals surface area contributed by atoms with Crippen molar-refractivity contribution in [1.29, 1.82) is 0 Å². The summed E-state index contributed by atoms with van der Waals surface area (Å²) >= 11 is 0. The first kappa shape index (κ1) is 32.4. The minimum atomic E-state index is -0.0491. The fourth-order valence-corrected chi connectivity index (χ4v) is 3.92. The maximum atomic E-state index is 11.9. The molecule has 0 aliphatic heterocycles. The van der Waals surface area contributed by atoms with Gasteiger partial charge in [0.25, 0.3) is 0 Å². The lowest BCUT2D eigenvalue weighted by molar-refractivity contribution is -0.142. The number of unbranched alkanes of at least 4 members (excludes halogenated alkanes) is 8. The Balaban J connectivity index is 3.82. The van der Waals surface area contributed by atoms with Gasteiger partial charge in [0.1, 0.15) is 6.61 Å². The number of hydrogen-bond acceptors (Lipinski definition) is 2. The molecule has 0 aromatic carbocycles. The average Bonchev–Trinajstić information content (AvgIpc) is 2.77. The Morgan fingerprint density at radius 2 is 1.00 bits per heavy atom. The molecule has 0 aliphatic rings. The van der Waals surface area contributed by atoms with E-state index in [1.165, 1.54) is 73.7 Å². The third-order valence-corrected chi connectivity index (χ3v) is 6.31. The molecule has 0 bridgehead atoms. The van der Waals surface area contributed by atoms with Crippen molar-refractivity contribution in [1.82, 2.24) is 0 Å². The molecular formula is C32H56O2. The summed E-state index contributed by atoms with van der Waals surface area (Å²) in [5.41, 5.74) is 5.67. The summed E-state index contributed by atoms with van der Waals surface area (Å²) < 4.78 is 5.39. The topological polar surface area (TPSA) is 26.3 Å². The Hall–Kier alpha value is -1.57. The second-order valence-electron chi connectivity index (χ2n) is 10.3. The molecule has 0 amide bonds. The lowest BCUT2D eigenvalue weighted by atomic mass is 10.0. The van der Waals surface area contributed by atoms with Gasteiger partial charge in [0.05, 0.1) is 0 Å². The van der Waals surface area contributed by atoms with Crippen LogP contribution in [0.5, 0.6) is 0 Å². The second-order valence-corrected chi connectivity index (χ2v) is 10.3. The zero-order chi connectivity index (χ0) is 25.4. The fraction of sp³-hybridized carbons (Fsp3) is 0.719. The number of ether oxygens (including phenoxy) is 1. The highest BCUT2D eigenvalue weighted by atomic mass is 16.5. The summed E-state index contributed by atoms with van der Waals surface area (Å²) in [4.78, 5) is 11.9. The van der Waals surface area contributed by atoms with Crippen LogP contribution in [0.2, 0.25) is 0 Å². The van der Waals surface area contributed by atoms with E-state index in [0.717, 1.165) is 44.9 Å². The van der Waals surface area contributed by atoms with Crippen LogP contribution in [-0.2, 0) is 9.53 Å². The molecule has 2 nitrogen and oxygen atoms in total. The van der Waals surface area contributed by atoms with E-state index in [9.17, 15) is 4.79 Å². The molecule has 0 spiro atoms. The van der Waals surface area contributed by atoms with Gasteiger partial charge >= 0.3 is 5.97 Å². The van der Waals surface area contributed by atoms with Gasteiger partial charge in [0.15, 0.2) is 0 Å². The largest absolute Gasteiger partial charge is 0.461 e. The van der Waals surface area contributed by atoms with Crippen LogP contribution in [-0.4, -0.2) is 12.6 Å². The summed E-state index contributed by atoms with van der Waals surface area (Å²) in [6, 6.07) is 0. The first-order chi connectivity index (χ1) is 16.3. The minimum Gasteiger partial charge on any atom is -0.461 e. The minimum absolute atomic E-state index is 0.0491. The van der Waals surface area contributed by atoms with E-state index in [1.54, 1.807) is 0 Å². The van der Waals surface area contributed by atoms with Gasteiger partial charge < -0.3 is 4.74 Å². The Morgan fingerprint density at radius 3 is 1.50 bits per heavy atom. The van der Waals surface area contributed by atoms with Crippen molar-refractivity contribution in [2.24, 2.45) is 0 Å². The quantitative estimate of drug-likeness (QED) is 0.0943. The maximum Gasteiger partial charge on any atom is 0.306 e. The van der Waals surface area contributed by atoms with E-state index in [4.69, 9.17) is 4.74 Å². The second kappa shape index (κ2) is 23.2. The molecule has 0 aromatic heterocycles. The third kappa shape index (κ3) is 23.6. The van der Waals surface area contributed by atoms with Gasteiger partial charge in [-0.3, -0.25) is 4.79 Å². The van der Waals surface area contributed by atoms with Crippen molar-refractivity contribution in [2.45, 2.75) is 144 Å². The Kier molecular flexibility index (Phi) is 22.1. The summed E-state index contributed by atoms with van der Waals surface area (Å²) in [7, 11) is 0. The number of allylic oxidation sites excluding steroid dienone is 7. The van der Waals surface area contributed by atoms with Crippen LogP contribution in [0, 0.1) is 0 Å². The first-order valence-corrected chi connectivity index (χ1v) is 14.1. The molecule has 0 heterocycles. The highest BCUT2D eigenvalue weighted by Gasteiger charge is 2.02. The Morgan fingerprint density at radius 1 is 0.559 bits per heavy atom. The van der Waals surface area contributed by atoms with Crippen LogP contribution in [0.4, 0.5) is 0 Å². The van der Waals surface area contributed by atoms with Crippen LogP contribution in [0.25, 0.3) is 0 Å². The number of rotatable bonds is 21. The summed E-state index contributed by atoms with van der Waals surface area (Å²) in [6.07, 6.45) is 27.8. The van der Waals surface area contributed by atoms with E-state index >= 15 is 0 Å². The van der Waals surface area contributed by atoms with Crippen molar-refractivity contribution in [2.75, 3.05) is 6.61 Å². The normalized spacial score (nSPS) is 12.7. The van der Waals surface area contributed by atoms with Crippen molar-refractivity contribution in [3.8, 4) is 0 Å². The average molecular weight is 473 g/mol. The van der Waals surface area contributed by atoms with E-state index in [1.807, 2.05) is 0 Å². The number of esters is 1. The van der Waals surface area contributed by atoms with Gasteiger partial charge in [0.2, 0.25) is 0 Å². The van der Waals surface area contributed by atoms with Gasteiger partial charge in [-0.1, -0.05) is 98.8 Å². The van der Waals surface area contributed by atoms with Crippen LogP contribution in [0.15, 0.2) is 46.6 Å². The molecule has 0 unspecified atom stereocenters. The van der Waals surface area contributed by atoms with Crippen LogP contribution in [0.3, 0.4) is 0 Å². The third-order valence-electron chi connectivity index (χ3n) is 6.31. The first-order valence-electron chi connectivity index (χ1n) is 14.1. The van der Waals surface area contributed by atoms with Crippen LogP contribution >= 0.6 is 0 Å². The van der Waals surface area contributed by atoms with Crippen molar-refractivity contribution >= 4 is 5.97 Å². The van der Waals surface area contributed by atoms with Gasteiger partial charge in [-0.15, -0.1) is 0 Å². The molecule has 0 aromatic rings. The lowest BCUT2D eigenvalue weighted by Gasteiger charge is -2.05. The number of hydrogen-bond donors (Lipinski definition) is 0. The van der Waals surface area contributed by atoms with Crippen molar-refractivity contribution in [3.05, 3.63) is 46.6 Å². The van der Waals surface area contributed by atoms with Crippen LogP contribution in [0.1, 0.15) is 144 Å². The van der Waals surface area contributed by atoms with E-state index in [2.05, 4.69) is 65.8 Å². The van der Waals surface area contributed by atoms with Gasteiger partial charge in [0, 0.05) is 6.42 Å². The standard InChI is InChI=1S/C32H56O2/c1-7-8-9-10-11-12-13-14-15-25-32(33)34-27-26-31(6)24-18-23-30(5)22-17-21-29(4)20-16-19-28(2)3/h19,21,23,26H,7-18,20,22,24-25,27H2,1-6H3/b29-21+,30-23?,31-26-. The highest BCUT2D eigenvalue weighted by Crippen LogP contribution is 2.14. The predicted molar refractivity (Wildman–Crippen MR) is 151 cm³/mol. The highest BCUT2D eigenvalue weighted by molar-refractivity contribution is 5.69. The SMILES string of the molecule is CCCCCCCCCCCC(=O)OC/C=C(/C)CCC=C(C)CC/C=C(\C)CCC=C(C)C. The number of carbonyl (C=O) groups is 1. The predicted octanol–water partition coefficient (Wildman–Crippen LogP) is 10.6. The molecule has 0 saturated heterocycles. The number of carbonyl (C=O) groups excluding carboxylic acids is 1. The van der Waals surface area contributed by atoms with E-state index < -0.39 is 0 Å². The van der Waals surface area contributed by atoms with Crippen molar-refractivity contribution < 1.29 is 9.53 Å². The zero-order valence-corrected chi connectivity index (χ0v) is 23.6. The molecule has 0 N–H and O–H groups in total. The maximum absolute atomic E-state index is 11.9. The van der Waals surface area contributed by atoms with Crippen LogP contribution < -0.4 is 0 Å². The Bertz CT molecular complexity index is 629. The van der Waals surface area contributed by atoms with E-state index in [0.29, 0.717) is 13.0 Å². The molecule has 196 valence electrons. The van der Waals surface area contributed by atoms with Gasteiger partial charge in [-0.25, -0.2) is 0 Å². The molecule has 0 aliphatic carbocycles. The fourth-order valence-electron chi connectivity index (χ4n) is 3.92. The molecule has 0 atom stereocenters. The zero-order valence-electron chi connectivity index (χ0n) is 23.6. The van der Waals surface area contributed by atoms with Gasteiger partial charge in [-0.2, -0.15) is 0 Å². The monoisotopic (exact) mass is 472 g/mol. The summed E-state index contributed by atoms with van der Waals surface area (Å²) in [5.74, 6) is -0.0491. The van der Waals surface area contributed by atoms with Gasteiger partial charge in [-0.05, 0) is 85.6 Å². The summed E-state index contributed by atoms with van der Waals surface area (Å²) in [5, 5.41) is 0. The molecular weight excluding hydrogens is 416 g/mol. The lowest BCUT2D eigenvalue weighted by Crippen LogP contribution is -2.04. The summed E-state index contributed by atoms with van der Waals surface area (Å²) in [6.45, 7) is 13.6. The molecule has 0 rings (SSSR count). The van der Waals surface area contributed by atoms with Crippen molar-refractivity contribution in [3.63, 3.8) is 0 Å². The molecule has 0 saturated carbocycles. The smallest absolute Gasteiger partial charge is 0.306 e. The molecule has 34 heavy (non-hydrogen) atoms. The molecule has 0 fully saturated rings. The molecule has 0 radical (unpaired) electrons. The Labute approximate surface area is 213 Å².